The van der Waals surface area contributed by atoms with Crippen molar-refractivity contribution in [2.75, 3.05) is 0 Å². The zero-order chi connectivity index (χ0) is 21.1. The predicted molar refractivity (Wildman–Crippen MR) is 102 cm³/mol. The minimum Gasteiger partial charge on any atom is -0.426 e. The van der Waals surface area contributed by atoms with Crippen LogP contribution in [0.2, 0.25) is 0 Å². The third-order valence-corrected chi connectivity index (χ3v) is 6.12. The maximum atomic E-state index is 12.4. The Kier molecular flexibility index (Phi) is 6.01. The van der Waals surface area contributed by atoms with Crippen LogP contribution in [0.1, 0.15) is 57.8 Å². The molecule has 0 atom stereocenters. The third-order valence-electron chi connectivity index (χ3n) is 6.12. The van der Waals surface area contributed by atoms with Crippen molar-refractivity contribution >= 4 is 24.4 Å². The van der Waals surface area contributed by atoms with E-state index in [4.69, 9.17) is 18.9 Å². The molecule has 3 aliphatic rings. The Morgan fingerprint density at radius 3 is 1.63 bits per heavy atom. The Balaban J connectivity index is 1.62. The molecule has 0 unspecified atom stereocenters. The summed E-state index contributed by atoms with van der Waals surface area (Å²) >= 11 is 0. The van der Waals surface area contributed by atoms with Crippen LogP contribution in [0.25, 0.3) is 0 Å². The first-order valence-corrected chi connectivity index (χ1v) is 10.5. The maximum Gasteiger partial charge on any atom is 0.314 e. The Hall–Kier alpha value is -2.90. The molecule has 4 rings (SSSR count). The molecular weight excluding hydrogens is 392 g/mol. The number of benzene rings is 1. The second-order valence-electron chi connectivity index (χ2n) is 8.11. The van der Waals surface area contributed by atoms with E-state index in [9.17, 15) is 19.2 Å². The van der Waals surface area contributed by atoms with Crippen LogP contribution < -0.4 is 18.9 Å². The van der Waals surface area contributed by atoms with Crippen LogP contribution in [0.5, 0.6) is 23.0 Å². The summed E-state index contributed by atoms with van der Waals surface area (Å²) in [7, 11) is 0. The van der Waals surface area contributed by atoms with Crippen LogP contribution in [-0.2, 0) is 19.2 Å². The molecule has 0 heterocycles. The van der Waals surface area contributed by atoms with Gasteiger partial charge < -0.3 is 18.9 Å². The Morgan fingerprint density at radius 1 is 0.700 bits per heavy atom. The summed E-state index contributed by atoms with van der Waals surface area (Å²) in [6.07, 6.45) is 7.27. The molecule has 3 saturated carbocycles. The van der Waals surface area contributed by atoms with Gasteiger partial charge in [-0.2, -0.15) is 0 Å². The van der Waals surface area contributed by atoms with Gasteiger partial charge in [-0.1, -0.05) is 19.3 Å². The van der Waals surface area contributed by atoms with Crippen LogP contribution in [-0.4, -0.2) is 24.4 Å². The fourth-order valence-corrected chi connectivity index (χ4v) is 3.43. The molecule has 8 heteroatoms. The van der Waals surface area contributed by atoms with Crippen LogP contribution >= 0.6 is 0 Å². The number of carbonyl (C=O) groups is 4. The molecule has 0 amide bonds. The van der Waals surface area contributed by atoms with Gasteiger partial charge >= 0.3 is 17.9 Å². The van der Waals surface area contributed by atoms with Crippen LogP contribution in [0, 0.1) is 17.8 Å². The van der Waals surface area contributed by atoms with Crippen molar-refractivity contribution in [3.8, 4) is 23.0 Å². The van der Waals surface area contributed by atoms with Crippen molar-refractivity contribution < 1.29 is 38.1 Å². The lowest BCUT2D eigenvalue weighted by atomic mass is 9.85. The van der Waals surface area contributed by atoms with E-state index in [1.807, 2.05) is 0 Å². The molecule has 0 aromatic heterocycles. The van der Waals surface area contributed by atoms with Gasteiger partial charge in [0, 0.05) is 12.1 Å². The highest BCUT2D eigenvalue weighted by atomic mass is 16.6. The van der Waals surface area contributed by atoms with Gasteiger partial charge in [0.2, 0.25) is 5.75 Å². The lowest BCUT2D eigenvalue weighted by Crippen LogP contribution is -2.28. The topological polar surface area (TPSA) is 105 Å². The van der Waals surface area contributed by atoms with Crippen LogP contribution in [0.4, 0.5) is 0 Å². The summed E-state index contributed by atoms with van der Waals surface area (Å²) in [5.41, 5.74) is 0. The first-order chi connectivity index (χ1) is 14.5. The quantitative estimate of drug-likeness (QED) is 0.361. The summed E-state index contributed by atoms with van der Waals surface area (Å²) in [6, 6.07) is 2.61. The number of rotatable bonds is 8. The van der Waals surface area contributed by atoms with E-state index in [1.54, 1.807) is 0 Å². The second-order valence-corrected chi connectivity index (χ2v) is 8.11. The molecule has 1 aromatic carbocycles. The standard InChI is InChI=1S/C22H24O8/c23-12-27-17-10-16(28-20(24)13-4-1-5-13)11-18(29-21(25)14-6-2-7-14)19(17)30-22(26)15-8-3-9-15/h10-15H,1-9H2. The molecule has 0 saturated heterocycles. The molecule has 30 heavy (non-hydrogen) atoms. The predicted octanol–water partition coefficient (Wildman–Crippen LogP) is 3.34. The lowest BCUT2D eigenvalue weighted by Gasteiger charge is -2.26. The summed E-state index contributed by atoms with van der Waals surface area (Å²) in [4.78, 5) is 48.1. The monoisotopic (exact) mass is 416 g/mol. The Bertz CT molecular complexity index is 849. The van der Waals surface area contributed by atoms with Crippen molar-refractivity contribution in [2.45, 2.75) is 57.8 Å². The van der Waals surface area contributed by atoms with Crippen molar-refractivity contribution in [2.24, 2.45) is 17.8 Å². The smallest absolute Gasteiger partial charge is 0.314 e. The molecule has 3 fully saturated rings. The van der Waals surface area contributed by atoms with Gasteiger partial charge in [-0.25, -0.2) is 0 Å². The van der Waals surface area contributed by atoms with Gasteiger partial charge in [-0.3, -0.25) is 19.2 Å². The number of hydrogen-bond donors (Lipinski definition) is 0. The molecule has 8 nitrogen and oxygen atoms in total. The minimum atomic E-state index is -0.475. The first kappa shape index (κ1) is 20.4. The maximum absolute atomic E-state index is 12.4. The van der Waals surface area contributed by atoms with Gasteiger partial charge in [0.1, 0.15) is 5.75 Å². The van der Waals surface area contributed by atoms with Crippen LogP contribution in [0.15, 0.2) is 12.1 Å². The van der Waals surface area contributed by atoms with E-state index >= 15 is 0 Å². The van der Waals surface area contributed by atoms with Crippen molar-refractivity contribution in [3.63, 3.8) is 0 Å². The summed E-state index contributed by atoms with van der Waals surface area (Å²) in [5, 5.41) is 0. The van der Waals surface area contributed by atoms with E-state index in [1.165, 1.54) is 12.1 Å². The summed E-state index contributed by atoms with van der Waals surface area (Å²) < 4.78 is 21.3. The van der Waals surface area contributed by atoms with E-state index in [0.29, 0.717) is 0 Å². The number of carbonyl (C=O) groups excluding carboxylic acids is 4. The van der Waals surface area contributed by atoms with Crippen molar-refractivity contribution in [1.82, 2.24) is 0 Å². The number of ether oxygens (including phenoxy) is 4. The molecule has 3 aliphatic carbocycles. The van der Waals surface area contributed by atoms with E-state index in [2.05, 4.69) is 0 Å². The van der Waals surface area contributed by atoms with Gasteiger partial charge in [-0.05, 0) is 38.5 Å². The van der Waals surface area contributed by atoms with Gasteiger partial charge in [0.15, 0.2) is 11.5 Å². The third kappa shape index (κ3) is 4.32. The van der Waals surface area contributed by atoms with Gasteiger partial charge in [-0.15, -0.1) is 0 Å². The first-order valence-electron chi connectivity index (χ1n) is 10.5. The lowest BCUT2D eigenvalue weighted by molar-refractivity contribution is -0.144. The fraction of sp³-hybridized carbons (Fsp3) is 0.545. The van der Waals surface area contributed by atoms with E-state index in [0.717, 1.165) is 57.8 Å². The molecule has 0 bridgehead atoms. The van der Waals surface area contributed by atoms with Crippen molar-refractivity contribution in [1.29, 1.82) is 0 Å². The Morgan fingerprint density at radius 2 is 1.17 bits per heavy atom. The summed E-state index contributed by atoms with van der Waals surface area (Å²) in [5.74, 6) is -2.30. The number of hydrogen-bond acceptors (Lipinski definition) is 8. The minimum absolute atomic E-state index is 0.0589. The largest absolute Gasteiger partial charge is 0.426 e. The summed E-state index contributed by atoms with van der Waals surface area (Å²) in [6.45, 7) is 0.172. The van der Waals surface area contributed by atoms with E-state index < -0.39 is 17.9 Å². The number of esters is 3. The molecule has 0 radical (unpaired) electrons. The highest BCUT2D eigenvalue weighted by molar-refractivity contribution is 5.82. The highest BCUT2D eigenvalue weighted by Gasteiger charge is 2.33. The molecule has 0 aliphatic heterocycles. The van der Waals surface area contributed by atoms with E-state index in [-0.39, 0.29) is 47.2 Å². The molecule has 0 spiro atoms. The average Bonchev–Trinajstić information content (AvgIpc) is 2.53. The average molecular weight is 416 g/mol. The van der Waals surface area contributed by atoms with Crippen LogP contribution in [0.3, 0.4) is 0 Å². The SMILES string of the molecule is O=COc1cc(OC(=O)C2CCC2)cc(OC(=O)C2CCC2)c1OC(=O)C1CCC1. The zero-order valence-electron chi connectivity index (χ0n) is 16.6. The van der Waals surface area contributed by atoms with Gasteiger partial charge in [0.25, 0.3) is 6.47 Å². The molecule has 1 aromatic rings. The molecule has 160 valence electrons. The Labute approximate surface area is 173 Å². The zero-order valence-corrected chi connectivity index (χ0v) is 16.6. The molecular formula is C22H24O8. The second kappa shape index (κ2) is 8.85. The van der Waals surface area contributed by atoms with Crippen molar-refractivity contribution in [3.05, 3.63) is 12.1 Å². The molecule has 0 N–H and O–H groups in total. The van der Waals surface area contributed by atoms with Gasteiger partial charge in [0.05, 0.1) is 17.8 Å². The highest BCUT2D eigenvalue weighted by Crippen LogP contribution is 2.44. The normalized spacial score (nSPS) is 18.9. The fourth-order valence-electron chi connectivity index (χ4n) is 3.43.